The van der Waals surface area contributed by atoms with Crippen LogP contribution in [0, 0.1) is 12.7 Å². The van der Waals surface area contributed by atoms with Gasteiger partial charge < -0.3 is 24.8 Å². The zero-order valence-corrected chi connectivity index (χ0v) is 17.5. The maximum Gasteiger partial charge on any atom is 0.231 e. The van der Waals surface area contributed by atoms with E-state index in [1.807, 2.05) is 12.1 Å². The van der Waals surface area contributed by atoms with E-state index < -0.39 is 0 Å². The summed E-state index contributed by atoms with van der Waals surface area (Å²) in [6, 6.07) is 11.3. The Balaban J connectivity index is 1.44. The van der Waals surface area contributed by atoms with E-state index in [0.29, 0.717) is 18.1 Å². The maximum atomic E-state index is 13.5. The number of nitrogens with one attached hydrogen (secondary N) is 2. The van der Waals surface area contributed by atoms with Crippen molar-refractivity contribution in [3.05, 3.63) is 58.9 Å². The average molecular weight is 413 g/mol. The molecule has 1 fully saturated rings. The molecular weight excluding hydrogens is 385 g/mol. The Morgan fingerprint density at radius 3 is 2.63 bits per heavy atom. The van der Waals surface area contributed by atoms with Crippen molar-refractivity contribution < 1.29 is 18.6 Å². The Hall–Kier alpha value is -2.80. The van der Waals surface area contributed by atoms with Gasteiger partial charge in [-0.1, -0.05) is 18.2 Å². The molecule has 2 aromatic rings. The zero-order valence-electron chi connectivity index (χ0n) is 17.5. The fraction of sp³-hybridized carbons (Fsp3) is 0.435. The molecule has 2 aliphatic rings. The summed E-state index contributed by atoms with van der Waals surface area (Å²) in [5.41, 5.74) is 2.78. The Kier molecular flexibility index (Phi) is 6.08. The van der Waals surface area contributed by atoms with Crippen LogP contribution in [0.15, 0.2) is 41.4 Å². The quantitative estimate of drug-likeness (QED) is 0.582. The Bertz CT molecular complexity index is 926. The van der Waals surface area contributed by atoms with Crippen LogP contribution in [-0.2, 0) is 16.7 Å². The molecule has 160 valence electrons. The SMILES string of the molecule is CN=C(NCc1ccc(F)c(C)c1)NCC1(c2ccc3c(c2)OCO3)CCOCC1. The lowest BCUT2D eigenvalue weighted by atomic mass is 9.74. The lowest BCUT2D eigenvalue weighted by molar-refractivity contribution is 0.0513. The standard InChI is InChI=1S/C23H28FN3O3/c1-16-11-17(3-5-19(16)24)13-26-22(25-2)27-14-23(7-9-28-10-8-23)18-4-6-20-21(12-18)30-15-29-20/h3-6,11-12H,7-10,13-15H2,1-2H3,(H2,25,26,27). The number of ether oxygens (including phenoxy) is 3. The first-order chi connectivity index (χ1) is 14.6. The Morgan fingerprint density at radius 1 is 1.07 bits per heavy atom. The number of halogens is 1. The molecule has 6 nitrogen and oxygen atoms in total. The summed E-state index contributed by atoms with van der Waals surface area (Å²) >= 11 is 0. The lowest BCUT2D eigenvalue weighted by Gasteiger charge is -2.38. The Labute approximate surface area is 176 Å². The third-order valence-corrected chi connectivity index (χ3v) is 5.93. The number of aliphatic imine (C=N–C) groups is 1. The van der Waals surface area contributed by atoms with Crippen molar-refractivity contribution in [3.8, 4) is 11.5 Å². The summed E-state index contributed by atoms with van der Waals surface area (Å²) in [6.07, 6.45) is 1.82. The number of benzene rings is 2. The van der Waals surface area contributed by atoms with Crippen LogP contribution in [0.4, 0.5) is 4.39 Å². The fourth-order valence-electron chi connectivity index (χ4n) is 4.03. The second-order valence-corrected chi connectivity index (χ2v) is 7.82. The molecule has 2 aromatic carbocycles. The topological polar surface area (TPSA) is 64.1 Å². The normalized spacial score (nSPS) is 17.6. The second kappa shape index (κ2) is 8.92. The minimum absolute atomic E-state index is 0.0800. The highest BCUT2D eigenvalue weighted by Crippen LogP contribution is 2.40. The molecule has 30 heavy (non-hydrogen) atoms. The van der Waals surface area contributed by atoms with Crippen LogP contribution in [-0.4, -0.2) is 39.6 Å². The van der Waals surface area contributed by atoms with E-state index in [2.05, 4.69) is 27.8 Å². The molecule has 2 heterocycles. The fourth-order valence-corrected chi connectivity index (χ4v) is 4.03. The van der Waals surface area contributed by atoms with Gasteiger partial charge in [0.05, 0.1) is 0 Å². The number of aryl methyl sites for hydroxylation is 1. The van der Waals surface area contributed by atoms with Crippen molar-refractivity contribution in [2.75, 3.05) is 33.6 Å². The van der Waals surface area contributed by atoms with Crippen LogP contribution in [0.2, 0.25) is 0 Å². The molecule has 1 saturated heterocycles. The van der Waals surface area contributed by atoms with E-state index in [9.17, 15) is 4.39 Å². The van der Waals surface area contributed by atoms with Gasteiger partial charge in [-0.3, -0.25) is 4.99 Å². The third-order valence-electron chi connectivity index (χ3n) is 5.93. The van der Waals surface area contributed by atoms with Gasteiger partial charge in [-0.05, 0) is 54.7 Å². The first-order valence-corrected chi connectivity index (χ1v) is 10.3. The van der Waals surface area contributed by atoms with Gasteiger partial charge in [-0.15, -0.1) is 0 Å². The molecular formula is C23H28FN3O3. The molecule has 0 atom stereocenters. The molecule has 7 heteroatoms. The van der Waals surface area contributed by atoms with Gasteiger partial charge in [0.15, 0.2) is 17.5 Å². The molecule has 0 radical (unpaired) electrons. The maximum absolute atomic E-state index is 13.5. The summed E-state index contributed by atoms with van der Waals surface area (Å²) in [6.45, 7) is 4.77. The highest BCUT2D eigenvalue weighted by atomic mass is 19.1. The molecule has 0 unspecified atom stereocenters. The van der Waals surface area contributed by atoms with Crippen LogP contribution in [0.5, 0.6) is 11.5 Å². The van der Waals surface area contributed by atoms with Gasteiger partial charge >= 0.3 is 0 Å². The van der Waals surface area contributed by atoms with Gasteiger partial charge in [0.1, 0.15) is 5.82 Å². The molecule has 2 N–H and O–H groups in total. The predicted molar refractivity (Wildman–Crippen MR) is 114 cm³/mol. The van der Waals surface area contributed by atoms with Gasteiger partial charge in [0, 0.05) is 38.8 Å². The van der Waals surface area contributed by atoms with Crippen LogP contribution in [0.1, 0.15) is 29.5 Å². The van der Waals surface area contributed by atoms with Crippen molar-refractivity contribution in [2.24, 2.45) is 4.99 Å². The summed E-state index contributed by atoms with van der Waals surface area (Å²) in [4.78, 5) is 4.35. The number of nitrogens with zero attached hydrogens (tertiary/aromatic N) is 1. The van der Waals surface area contributed by atoms with Gasteiger partial charge in [0.2, 0.25) is 6.79 Å². The van der Waals surface area contributed by atoms with Crippen molar-refractivity contribution in [1.29, 1.82) is 0 Å². The molecule has 0 aliphatic carbocycles. The molecule has 2 aliphatic heterocycles. The van der Waals surface area contributed by atoms with Crippen LogP contribution in [0.3, 0.4) is 0 Å². The van der Waals surface area contributed by atoms with E-state index in [4.69, 9.17) is 14.2 Å². The number of guanidine groups is 1. The minimum atomic E-state index is -0.188. The molecule has 0 saturated carbocycles. The molecule has 0 aromatic heterocycles. The lowest BCUT2D eigenvalue weighted by Crippen LogP contribution is -2.47. The van der Waals surface area contributed by atoms with Crippen molar-refractivity contribution >= 4 is 5.96 Å². The molecule has 0 bridgehead atoms. The van der Waals surface area contributed by atoms with Crippen molar-refractivity contribution in [2.45, 2.75) is 31.7 Å². The minimum Gasteiger partial charge on any atom is -0.454 e. The summed E-state index contributed by atoms with van der Waals surface area (Å²) in [5.74, 6) is 2.11. The van der Waals surface area contributed by atoms with Crippen LogP contribution < -0.4 is 20.1 Å². The van der Waals surface area contributed by atoms with Crippen molar-refractivity contribution in [3.63, 3.8) is 0 Å². The molecule has 0 spiro atoms. The largest absolute Gasteiger partial charge is 0.454 e. The summed E-state index contributed by atoms with van der Waals surface area (Å²) < 4.78 is 30.2. The van der Waals surface area contributed by atoms with Gasteiger partial charge in [-0.2, -0.15) is 0 Å². The third kappa shape index (κ3) is 4.36. The Morgan fingerprint density at radius 2 is 1.87 bits per heavy atom. The van der Waals surface area contributed by atoms with E-state index in [1.54, 1.807) is 20.0 Å². The van der Waals surface area contributed by atoms with E-state index in [0.717, 1.165) is 49.7 Å². The van der Waals surface area contributed by atoms with E-state index in [-0.39, 0.29) is 18.0 Å². The zero-order chi connectivity index (χ0) is 21.0. The van der Waals surface area contributed by atoms with E-state index >= 15 is 0 Å². The highest BCUT2D eigenvalue weighted by Gasteiger charge is 2.35. The number of hydrogen-bond acceptors (Lipinski definition) is 4. The first-order valence-electron chi connectivity index (χ1n) is 10.3. The number of rotatable bonds is 5. The average Bonchev–Trinajstić information content (AvgIpc) is 3.25. The summed E-state index contributed by atoms with van der Waals surface area (Å²) in [5, 5.41) is 6.80. The monoisotopic (exact) mass is 413 g/mol. The summed E-state index contributed by atoms with van der Waals surface area (Å²) in [7, 11) is 1.75. The van der Waals surface area contributed by atoms with Gasteiger partial charge in [0.25, 0.3) is 0 Å². The first kappa shape index (κ1) is 20.5. The number of hydrogen-bond donors (Lipinski definition) is 2. The predicted octanol–water partition coefficient (Wildman–Crippen LogP) is 3.28. The van der Waals surface area contributed by atoms with E-state index in [1.165, 1.54) is 11.6 Å². The van der Waals surface area contributed by atoms with Gasteiger partial charge in [-0.25, -0.2) is 4.39 Å². The molecule has 0 amide bonds. The number of fused-ring (bicyclic) bond motifs is 1. The second-order valence-electron chi connectivity index (χ2n) is 7.82. The van der Waals surface area contributed by atoms with Crippen LogP contribution >= 0.6 is 0 Å². The highest BCUT2D eigenvalue weighted by molar-refractivity contribution is 5.79. The van der Waals surface area contributed by atoms with Crippen LogP contribution in [0.25, 0.3) is 0 Å². The van der Waals surface area contributed by atoms with Crippen molar-refractivity contribution in [1.82, 2.24) is 10.6 Å². The smallest absolute Gasteiger partial charge is 0.231 e. The molecule has 4 rings (SSSR count).